The van der Waals surface area contributed by atoms with Gasteiger partial charge in [-0.2, -0.15) is 23.2 Å². The Morgan fingerprint density at radius 2 is 0.634 bits per heavy atom. The van der Waals surface area contributed by atoms with Crippen LogP contribution in [-0.2, 0) is 0 Å². The summed E-state index contributed by atoms with van der Waals surface area (Å²) in [7, 11) is 0. The van der Waals surface area contributed by atoms with Crippen molar-refractivity contribution in [3.8, 4) is 22.9 Å². The Morgan fingerprint density at radius 1 is 0.268 bits per heavy atom. The lowest BCUT2D eigenvalue weighted by atomic mass is 9.53. The van der Waals surface area contributed by atoms with Crippen molar-refractivity contribution in [1.82, 2.24) is 9.13 Å². The number of anilines is 9. The van der Waals surface area contributed by atoms with Gasteiger partial charge in [0.1, 0.15) is 11.5 Å². The van der Waals surface area contributed by atoms with E-state index < -0.39 is 0 Å². The molecule has 4 aliphatic heterocycles. The molecule has 2 aromatic heterocycles. The largest absolute Gasteiger partial charge is 0.458 e. The fraction of sp³-hybridized carbons (Fsp3) is 0. The Balaban J connectivity index is 0.933. The van der Waals surface area contributed by atoms with Crippen molar-refractivity contribution in [2.75, 3.05) is 14.7 Å². The Bertz CT molecular complexity index is 4860. The lowest BCUT2D eigenvalue weighted by Crippen LogP contribution is -2.52. The number of fused-ring (bicyclic) bond motifs is 12. The maximum atomic E-state index is 7.71. The van der Waals surface area contributed by atoms with Crippen LogP contribution in [0.15, 0.2) is 283 Å². The van der Waals surface area contributed by atoms with Crippen molar-refractivity contribution in [2.45, 2.75) is 9.79 Å². The van der Waals surface area contributed by atoms with Gasteiger partial charge in [0, 0.05) is 88.7 Å². The third-order valence-electron chi connectivity index (χ3n) is 17.1. The zero-order valence-corrected chi connectivity index (χ0v) is 45.7. The first-order valence-corrected chi connectivity index (χ1v) is 29.7. The van der Waals surface area contributed by atoms with Crippen molar-refractivity contribution >= 4 is 152 Å². The quantitative estimate of drug-likeness (QED) is 0.160. The number of rotatable bonds is 5. The predicted octanol–water partition coefficient (Wildman–Crippen LogP) is 17.1. The normalized spacial score (nSPS) is 13.7. The second-order valence-corrected chi connectivity index (χ2v) is 23.8. The van der Waals surface area contributed by atoms with Gasteiger partial charge >= 0.3 is 0 Å². The van der Waals surface area contributed by atoms with E-state index in [1.54, 1.807) is 0 Å². The monoisotopic (exact) mass is 1080 g/mol. The van der Waals surface area contributed by atoms with Crippen LogP contribution in [0.1, 0.15) is 0 Å². The van der Waals surface area contributed by atoms with Crippen LogP contribution in [0.2, 0.25) is 0 Å². The molecule has 6 heterocycles. The minimum atomic E-state index is -0.131. The highest BCUT2D eigenvalue weighted by molar-refractivity contribution is 8.28. The van der Waals surface area contributed by atoms with Crippen LogP contribution in [-0.4, -0.2) is 21.1 Å². The number of hydrogen-bond donors (Lipinski definition) is 0. The second kappa shape index (κ2) is 17.9. The van der Waals surface area contributed by atoms with Gasteiger partial charge in [0.2, 0.25) is 0 Å². The molecule has 0 N–H and O–H groups in total. The number of ether oxygens (including phenoxy) is 1. The Morgan fingerprint density at radius 3 is 1.10 bits per heavy atom. The van der Waals surface area contributed by atoms with Crippen molar-refractivity contribution in [1.29, 1.82) is 0 Å². The van der Waals surface area contributed by atoms with Crippen LogP contribution < -0.4 is 41.3 Å². The molecule has 0 unspecified atom stereocenters. The van der Waals surface area contributed by atoms with E-state index in [-0.39, 0.29) is 12.0 Å². The number of hydrogen-bond acceptors (Lipinski definition) is 6. The van der Waals surface area contributed by atoms with Gasteiger partial charge in [0.15, 0.2) is 0 Å². The lowest BCUT2D eigenvalue weighted by Gasteiger charge is -2.40. The highest BCUT2D eigenvalue weighted by Crippen LogP contribution is 2.53. The molecule has 0 spiro atoms. The van der Waals surface area contributed by atoms with Crippen molar-refractivity contribution in [2.24, 2.45) is 0 Å². The number of para-hydroxylation sites is 9. The first-order chi connectivity index (χ1) is 40.7. The SMILES string of the molecule is c1ccc(N2c3ccccc3SB3c4cc5c(cc4Oc4cc(-n6c7ccccc7c7ccccc76)cc2c43)N(c2ccccc2)c2cc(-n3c4ccccc4c4ccccc43)cc3c2B5Sc2ccccc2N3c2ccccc2)cc1. The van der Waals surface area contributed by atoms with E-state index in [9.17, 15) is 0 Å². The molecule has 0 bridgehead atoms. The number of nitrogens with zero attached hydrogens (tertiary/aromatic N) is 5. The second-order valence-electron chi connectivity index (χ2n) is 21.5. The Labute approximate surface area is 483 Å². The molecule has 0 atom stereocenters. The average Bonchev–Trinajstić information content (AvgIpc) is 3.90. The molecule has 0 saturated carbocycles. The standard InChI is InChI=1S/C72H45B2N5OS2/c1-4-22-46(23-5-1)75-61-36-18-20-38-69(61)81-73-55-44-56-67(45-63(55)77(48-26-8-3-9-27-48)65-41-49(40-64(75)71(65)73)78-57-32-14-10-28-51(57)52-29-11-15-33-58(52)78)80-68-43-50(79-59-34-16-12-30-53(59)54-31-13-17-35-60(54)79)42-66-72(68)74(56)82-70-39-21-19-37-62(70)76(66)47-24-6-2-7-25-47/h1-45H. The molecule has 4 aliphatic rings. The maximum Gasteiger partial charge on any atom is 0.291 e. The fourth-order valence-electron chi connectivity index (χ4n) is 13.7. The predicted molar refractivity (Wildman–Crippen MR) is 347 cm³/mol. The van der Waals surface area contributed by atoms with Crippen LogP contribution in [0, 0.1) is 0 Å². The third-order valence-corrected chi connectivity index (χ3v) is 19.7. The van der Waals surface area contributed by atoms with Gasteiger partial charge in [-0.1, -0.05) is 158 Å². The van der Waals surface area contributed by atoms with E-state index in [0.29, 0.717) is 0 Å². The maximum absolute atomic E-state index is 7.71. The van der Waals surface area contributed by atoms with E-state index in [1.807, 2.05) is 23.2 Å². The topological polar surface area (TPSA) is 28.8 Å². The molecular formula is C72H45B2N5OS2. The van der Waals surface area contributed by atoms with Gasteiger partial charge in [-0.15, -0.1) is 0 Å². The minimum absolute atomic E-state index is 0.116. The molecular weight excluding hydrogens is 1040 g/mol. The summed E-state index contributed by atoms with van der Waals surface area (Å²) in [5, 5.41) is 4.89. The third kappa shape index (κ3) is 6.70. The fourth-order valence-corrected chi connectivity index (χ4v) is 16.4. The van der Waals surface area contributed by atoms with Gasteiger partial charge in [0.05, 0.1) is 44.8 Å². The molecule has 6 nitrogen and oxygen atoms in total. The van der Waals surface area contributed by atoms with Gasteiger partial charge < -0.3 is 28.6 Å². The van der Waals surface area contributed by atoms with E-state index in [0.717, 1.165) is 96.0 Å². The zero-order valence-electron chi connectivity index (χ0n) is 44.1. The first-order valence-electron chi connectivity index (χ1n) is 28.0. The van der Waals surface area contributed by atoms with E-state index in [2.05, 4.69) is 297 Å². The summed E-state index contributed by atoms with van der Waals surface area (Å²) in [6, 6.07) is 100. The van der Waals surface area contributed by atoms with Gasteiger partial charge in [-0.05, 0) is 120 Å². The molecule has 0 amide bonds. The molecule has 10 heteroatoms. The van der Waals surface area contributed by atoms with Gasteiger partial charge in [-0.3, -0.25) is 0 Å². The highest BCUT2D eigenvalue weighted by Gasteiger charge is 2.46. The minimum Gasteiger partial charge on any atom is -0.458 e. The van der Waals surface area contributed by atoms with Crippen LogP contribution in [0.5, 0.6) is 11.5 Å². The zero-order chi connectivity index (χ0) is 53.6. The summed E-state index contributed by atoms with van der Waals surface area (Å²) < 4.78 is 12.6. The van der Waals surface area contributed by atoms with E-state index >= 15 is 0 Å². The average molecular weight is 1080 g/mol. The summed E-state index contributed by atoms with van der Waals surface area (Å²) in [6.45, 7) is 0. The van der Waals surface area contributed by atoms with Crippen LogP contribution in [0.4, 0.5) is 51.2 Å². The molecule has 14 aromatic rings. The summed E-state index contributed by atoms with van der Waals surface area (Å²) in [5.74, 6) is 1.46. The Kier molecular flexibility index (Phi) is 10.0. The van der Waals surface area contributed by atoms with E-state index in [1.165, 1.54) is 53.3 Å². The highest BCUT2D eigenvalue weighted by atomic mass is 32.2. The number of aromatic nitrogens is 2. The lowest BCUT2D eigenvalue weighted by molar-refractivity contribution is 0.488. The van der Waals surface area contributed by atoms with Gasteiger partial charge in [0.25, 0.3) is 12.0 Å². The van der Waals surface area contributed by atoms with Gasteiger partial charge in [-0.25, -0.2) is 0 Å². The van der Waals surface area contributed by atoms with Crippen molar-refractivity contribution in [3.63, 3.8) is 0 Å². The van der Waals surface area contributed by atoms with Crippen molar-refractivity contribution in [3.05, 3.63) is 273 Å². The molecule has 382 valence electrons. The Hall–Kier alpha value is -9.73. The first kappa shape index (κ1) is 46.1. The summed E-state index contributed by atoms with van der Waals surface area (Å²) in [4.78, 5) is 9.92. The number of benzene rings is 12. The van der Waals surface area contributed by atoms with Crippen LogP contribution >= 0.6 is 23.2 Å². The van der Waals surface area contributed by atoms with Crippen LogP contribution in [0.3, 0.4) is 0 Å². The molecule has 18 rings (SSSR count). The molecule has 0 radical (unpaired) electrons. The van der Waals surface area contributed by atoms with E-state index in [4.69, 9.17) is 4.74 Å². The molecule has 82 heavy (non-hydrogen) atoms. The van der Waals surface area contributed by atoms with Crippen LogP contribution in [0.25, 0.3) is 55.0 Å². The molecule has 12 aromatic carbocycles. The smallest absolute Gasteiger partial charge is 0.291 e. The van der Waals surface area contributed by atoms with Crippen molar-refractivity contribution < 1.29 is 4.74 Å². The summed E-state index contributed by atoms with van der Waals surface area (Å²) in [5.41, 5.74) is 21.6. The molecule has 0 aliphatic carbocycles. The summed E-state index contributed by atoms with van der Waals surface area (Å²) in [6.07, 6.45) is 0. The molecule has 0 fully saturated rings. The summed E-state index contributed by atoms with van der Waals surface area (Å²) >= 11 is 3.88. The molecule has 0 saturated heterocycles.